The van der Waals surface area contributed by atoms with Gasteiger partial charge < -0.3 is 10.6 Å². The third-order valence-electron chi connectivity index (χ3n) is 1.90. The Morgan fingerprint density at radius 2 is 2.13 bits per heavy atom. The molecule has 0 aliphatic carbocycles. The molecule has 0 saturated heterocycles. The zero-order valence-electron chi connectivity index (χ0n) is 9.61. The molecule has 1 unspecified atom stereocenters. The number of carbonyl (C=O) groups excluding carboxylic acids is 1. The first-order chi connectivity index (χ1) is 6.99. The molecule has 84 valence electrons. The molecule has 1 rings (SSSR count). The third-order valence-corrected chi connectivity index (χ3v) is 1.90. The minimum Gasteiger partial charge on any atom is -0.357 e. The number of carbonyl (C=O) groups is 1. The lowest BCUT2D eigenvalue weighted by molar-refractivity contribution is -0.122. The number of aromatic nitrogens is 2. The predicted octanol–water partition coefficient (Wildman–Crippen LogP) is 0.745. The van der Waals surface area contributed by atoms with E-state index in [1.807, 2.05) is 40.1 Å². The summed E-state index contributed by atoms with van der Waals surface area (Å²) in [6.07, 6.45) is 1.83. The Morgan fingerprint density at radius 3 is 2.60 bits per heavy atom. The second kappa shape index (κ2) is 4.82. The number of hydrogen-bond acceptors (Lipinski definition) is 3. The molecule has 0 aromatic carbocycles. The van der Waals surface area contributed by atoms with E-state index >= 15 is 0 Å². The number of anilines is 1. The summed E-state index contributed by atoms with van der Waals surface area (Å²) in [5.74, 6) is 0.694. The van der Waals surface area contributed by atoms with Crippen LogP contribution in [0.4, 0.5) is 5.82 Å². The van der Waals surface area contributed by atoms with E-state index in [4.69, 9.17) is 0 Å². The fraction of sp³-hybridized carbons (Fsp3) is 0.600. The van der Waals surface area contributed by atoms with Crippen LogP contribution in [-0.4, -0.2) is 27.8 Å². The van der Waals surface area contributed by atoms with Gasteiger partial charge in [-0.2, -0.15) is 5.10 Å². The lowest BCUT2D eigenvalue weighted by Gasteiger charge is -2.15. The minimum absolute atomic E-state index is 0.0179. The van der Waals surface area contributed by atoms with E-state index in [1.165, 1.54) is 0 Å². The number of hydrogen-bond donors (Lipinski definition) is 2. The van der Waals surface area contributed by atoms with Gasteiger partial charge >= 0.3 is 0 Å². The molecule has 1 aromatic heterocycles. The lowest BCUT2D eigenvalue weighted by atomic mass is 10.3. The molecule has 5 nitrogen and oxygen atoms in total. The summed E-state index contributed by atoms with van der Waals surface area (Å²) >= 11 is 0. The van der Waals surface area contributed by atoms with Gasteiger partial charge in [-0.05, 0) is 20.8 Å². The van der Waals surface area contributed by atoms with Gasteiger partial charge in [-0.15, -0.1) is 0 Å². The SMILES string of the molecule is CC(C)NC(=O)C(C)Nc1ccn(C)n1. The molecule has 1 heterocycles. The van der Waals surface area contributed by atoms with E-state index in [0.29, 0.717) is 5.82 Å². The topological polar surface area (TPSA) is 59.0 Å². The normalized spacial score (nSPS) is 12.6. The molecule has 2 N–H and O–H groups in total. The highest BCUT2D eigenvalue weighted by Gasteiger charge is 2.13. The summed E-state index contributed by atoms with van der Waals surface area (Å²) in [5, 5.41) is 10.00. The summed E-state index contributed by atoms with van der Waals surface area (Å²) < 4.78 is 1.69. The van der Waals surface area contributed by atoms with Crippen LogP contribution in [0.3, 0.4) is 0 Å². The van der Waals surface area contributed by atoms with E-state index in [1.54, 1.807) is 4.68 Å². The van der Waals surface area contributed by atoms with Crippen molar-refractivity contribution in [3.05, 3.63) is 12.3 Å². The summed E-state index contributed by atoms with van der Waals surface area (Å²) in [7, 11) is 1.84. The van der Waals surface area contributed by atoms with Crippen LogP contribution in [0, 0.1) is 0 Å². The Hall–Kier alpha value is -1.52. The number of aryl methyl sites for hydroxylation is 1. The fourth-order valence-corrected chi connectivity index (χ4v) is 1.19. The highest BCUT2D eigenvalue weighted by atomic mass is 16.2. The number of amides is 1. The maximum atomic E-state index is 11.6. The molecule has 1 atom stereocenters. The lowest BCUT2D eigenvalue weighted by Crippen LogP contribution is -2.41. The standard InChI is InChI=1S/C10H18N4O/c1-7(2)11-10(15)8(3)12-9-5-6-14(4)13-9/h5-8H,1-4H3,(H,11,15)(H,12,13). The van der Waals surface area contributed by atoms with Crippen LogP contribution in [0.5, 0.6) is 0 Å². The fourth-order valence-electron chi connectivity index (χ4n) is 1.19. The summed E-state index contributed by atoms with van der Waals surface area (Å²) in [6.45, 7) is 5.68. The van der Waals surface area contributed by atoms with Crippen molar-refractivity contribution < 1.29 is 4.79 Å². The Morgan fingerprint density at radius 1 is 1.47 bits per heavy atom. The van der Waals surface area contributed by atoms with Crippen LogP contribution in [0.1, 0.15) is 20.8 Å². The van der Waals surface area contributed by atoms with Gasteiger partial charge in [0.25, 0.3) is 0 Å². The average molecular weight is 210 g/mol. The monoisotopic (exact) mass is 210 g/mol. The maximum Gasteiger partial charge on any atom is 0.242 e. The van der Waals surface area contributed by atoms with Gasteiger partial charge in [-0.25, -0.2) is 0 Å². The minimum atomic E-state index is -0.276. The van der Waals surface area contributed by atoms with Gasteiger partial charge in [0.2, 0.25) is 5.91 Å². The average Bonchev–Trinajstić information content (AvgIpc) is 2.50. The highest BCUT2D eigenvalue weighted by Crippen LogP contribution is 2.03. The van der Waals surface area contributed by atoms with Crippen LogP contribution in [0.25, 0.3) is 0 Å². The van der Waals surface area contributed by atoms with Crippen LogP contribution in [0.2, 0.25) is 0 Å². The van der Waals surface area contributed by atoms with Gasteiger partial charge in [-0.3, -0.25) is 9.48 Å². The van der Waals surface area contributed by atoms with E-state index < -0.39 is 0 Å². The van der Waals surface area contributed by atoms with Crippen molar-refractivity contribution in [1.29, 1.82) is 0 Å². The Bertz CT molecular complexity index is 332. The first kappa shape index (κ1) is 11.6. The molecule has 0 spiro atoms. The van der Waals surface area contributed by atoms with Gasteiger partial charge in [0.05, 0.1) is 0 Å². The van der Waals surface area contributed by atoms with Crippen molar-refractivity contribution in [2.75, 3.05) is 5.32 Å². The number of nitrogens with one attached hydrogen (secondary N) is 2. The molecule has 0 aliphatic rings. The molecule has 1 amide bonds. The molecule has 0 fully saturated rings. The molecular weight excluding hydrogens is 192 g/mol. The highest BCUT2D eigenvalue weighted by molar-refractivity contribution is 5.84. The summed E-state index contributed by atoms with van der Waals surface area (Å²) in [4.78, 5) is 11.6. The molecule has 0 radical (unpaired) electrons. The number of rotatable bonds is 4. The Kier molecular flexibility index (Phi) is 3.71. The summed E-state index contributed by atoms with van der Waals surface area (Å²) in [5.41, 5.74) is 0. The largest absolute Gasteiger partial charge is 0.357 e. The van der Waals surface area contributed by atoms with Crippen molar-refractivity contribution in [1.82, 2.24) is 15.1 Å². The van der Waals surface area contributed by atoms with Crippen molar-refractivity contribution in [3.8, 4) is 0 Å². The molecule has 0 bridgehead atoms. The zero-order valence-corrected chi connectivity index (χ0v) is 9.61. The van der Waals surface area contributed by atoms with Crippen molar-refractivity contribution in [2.45, 2.75) is 32.9 Å². The van der Waals surface area contributed by atoms with Crippen molar-refractivity contribution in [2.24, 2.45) is 7.05 Å². The van der Waals surface area contributed by atoms with Crippen LogP contribution < -0.4 is 10.6 Å². The first-order valence-electron chi connectivity index (χ1n) is 5.05. The smallest absolute Gasteiger partial charge is 0.242 e. The second-order valence-electron chi connectivity index (χ2n) is 3.90. The Balaban J connectivity index is 2.48. The molecule has 0 saturated carbocycles. The van der Waals surface area contributed by atoms with E-state index in [2.05, 4.69) is 15.7 Å². The van der Waals surface area contributed by atoms with Gasteiger partial charge in [-0.1, -0.05) is 0 Å². The second-order valence-corrected chi connectivity index (χ2v) is 3.90. The van der Waals surface area contributed by atoms with Crippen LogP contribution in [-0.2, 0) is 11.8 Å². The molecule has 1 aromatic rings. The molecular formula is C10H18N4O. The van der Waals surface area contributed by atoms with Gasteiger partial charge in [0.15, 0.2) is 0 Å². The van der Waals surface area contributed by atoms with E-state index in [0.717, 1.165) is 0 Å². The quantitative estimate of drug-likeness (QED) is 0.770. The van der Waals surface area contributed by atoms with Crippen LogP contribution in [0.15, 0.2) is 12.3 Å². The first-order valence-corrected chi connectivity index (χ1v) is 5.05. The number of nitrogens with zero attached hydrogens (tertiary/aromatic N) is 2. The van der Waals surface area contributed by atoms with Gasteiger partial charge in [0, 0.05) is 25.4 Å². The molecule has 15 heavy (non-hydrogen) atoms. The third kappa shape index (κ3) is 3.61. The van der Waals surface area contributed by atoms with Crippen molar-refractivity contribution >= 4 is 11.7 Å². The molecule has 0 aliphatic heterocycles. The zero-order chi connectivity index (χ0) is 11.4. The Labute approximate surface area is 89.9 Å². The van der Waals surface area contributed by atoms with Gasteiger partial charge in [0.1, 0.15) is 11.9 Å². The predicted molar refractivity (Wildman–Crippen MR) is 59.6 cm³/mol. The van der Waals surface area contributed by atoms with Crippen molar-refractivity contribution in [3.63, 3.8) is 0 Å². The van der Waals surface area contributed by atoms with E-state index in [-0.39, 0.29) is 18.0 Å². The summed E-state index contributed by atoms with van der Waals surface area (Å²) in [6, 6.07) is 1.71. The van der Waals surface area contributed by atoms with E-state index in [9.17, 15) is 4.79 Å². The van der Waals surface area contributed by atoms with Crippen LogP contribution >= 0.6 is 0 Å². The maximum absolute atomic E-state index is 11.6. The molecule has 5 heteroatoms.